The Morgan fingerprint density at radius 1 is 1.13 bits per heavy atom. The van der Waals surface area contributed by atoms with Gasteiger partial charge in [0.2, 0.25) is 0 Å². The molecule has 31 heavy (non-hydrogen) atoms. The Balaban J connectivity index is 1.27. The van der Waals surface area contributed by atoms with Gasteiger partial charge in [0.1, 0.15) is 5.54 Å². The van der Waals surface area contributed by atoms with Crippen LogP contribution in [0, 0.1) is 0 Å². The van der Waals surface area contributed by atoms with Crippen molar-refractivity contribution in [1.29, 1.82) is 0 Å². The lowest BCUT2D eigenvalue weighted by Crippen LogP contribution is -2.54. The molecule has 0 aromatic heterocycles. The molecule has 1 aromatic rings. The number of amides is 4. The minimum atomic E-state index is -0.830. The molecule has 4 rings (SSSR count). The van der Waals surface area contributed by atoms with Gasteiger partial charge in [0.05, 0.1) is 6.54 Å². The number of rotatable bonds is 5. The van der Waals surface area contributed by atoms with Crippen molar-refractivity contribution in [1.82, 2.24) is 25.6 Å². The molecule has 3 aliphatic rings. The Kier molecular flexibility index (Phi) is 6.50. The summed E-state index contributed by atoms with van der Waals surface area (Å²) in [6.45, 7) is 5.37. The van der Waals surface area contributed by atoms with Gasteiger partial charge in [0.25, 0.3) is 11.8 Å². The van der Waals surface area contributed by atoms with E-state index in [2.05, 4.69) is 22.6 Å². The number of halogens is 1. The van der Waals surface area contributed by atoms with Crippen LogP contribution in [0.25, 0.3) is 0 Å². The van der Waals surface area contributed by atoms with Crippen molar-refractivity contribution in [2.24, 2.45) is 0 Å². The smallest absolute Gasteiger partial charge is 0.322 e. The third-order valence-electron chi connectivity index (χ3n) is 6.78. The Morgan fingerprint density at radius 2 is 1.81 bits per heavy atom. The minimum absolute atomic E-state index is 0.151. The lowest BCUT2D eigenvalue weighted by Gasteiger charge is -2.38. The summed E-state index contributed by atoms with van der Waals surface area (Å²) in [4.78, 5) is 42.1. The van der Waals surface area contributed by atoms with E-state index >= 15 is 0 Å². The third-order valence-corrected chi connectivity index (χ3v) is 7.13. The van der Waals surface area contributed by atoms with Crippen LogP contribution in [-0.2, 0) is 9.59 Å². The zero-order chi connectivity index (χ0) is 22.0. The molecule has 2 heterocycles. The van der Waals surface area contributed by atoms with E-state index in [9.17, 15) is 14.4 Å². The first-order valence-electron chi connectivity index (χ1n) is 11.1. The molecule has 8 nitrogen and oxygen atoms in total. The van der Waals surface area contributed by atoms with E-state index in [0.29, 0.717) is 12.8 Å². The highest BCUT2D eigenvalue weighted by molar-refractivity contribution is 6.31. The monoisotopic (exact) mass is 447 g/mol. The second-order valence-electron chi connectivity index (χ2n) is 8.76. The van der Waals surface area contributed by atoms with E-state index in [1.807, 2.05) is 29.2 Å². The van der Waals surface area contributed by atoms with Crippen LogP contribution in [0.3, 0.4) is 0 Å². The number of carbonyl (C=O) groups is 3. The van der Waals surface area contributed by atoms with Crippen molar-refractivity contribution in [3.8, 4) is 0 Å². The van der Waals surface area contributed by atoms with Crippen molar-refractivity contribution in [2.75, 3.05) is 32.7 Å². The number of hydrazine groups is 1. The standard InChI is InChI=1S/C22H30ClN5O3/c1-16(17-7-3-4-8-18(17)23)27-13-11-26(12-14-27)15-19(29)25-28-20(30)22(24-21(28)31)9-5-2-6-10-22/h3-4,7-8,16H,2,5-6,9-15H2,1H3,(H,24,31)(H,25,29). The molecule has 0 bridgehead atoms. The number of nitrogens with zero attached hydrogens (tertiary/aromatic N) is 3. The normalized spacial score (nSPS) is 23.1. The predicted octanol–water partition coefficient (Wildman–Crippen LogP) is 2.30. The molecule has 3 fully saturated rings. The van der Waals surface area contributed by atoms with E-state index in [1.165, 1.54) is 0 Å². The molecule has 1 aromatic carbocycles. The van der Waals surface area contributed by atoms with Crippen molar-refractivity contribution in [3.05, 3.63) is 34.9 Å². The summed E-state index contributed by atoms with van der Waals surface area (Å²) in [5.41, 5.74) is 2.80. The van der Waals surface area contributed by atoms with E-state index in [4.69, 9.17) is 11.6 Å². The van der Waals surface area contributed by atoms with Gasteiger partial charge >= 0.3 is 6.03 Å². The van der Waals surface area contributed by atoms with Gasteiger partial charge in [-0.25, -0.2) is 4.79 Å². The Bertz CT molecular complexity index is 849. The van der Waals surface area contributed by atoms with Crippen LogP contribution in [0.4, 0.5) is 4.79 Å². The van der Waals surface area contributed by atoms with E-state index in [0.717, 1.165) is 61.0 Å². The van der Waals surface area contributed by atoms with Gasteiger partial charge in [0, 0.05) is 37.2 Å². The van der Waals surface area contributed by atoms with Crippen LogP contribution >= 0.6 is 11.6 Å². The highest BCUT2D eigenvalue weighted by atomic mass is 35.5. The molecule has 9 heteroatoms. The topological polar surface area (TPSA) is 85.0 Å². The summed E-state index contributed by atoms with van der Waals surface area (Å²) in [5.74, 6) is -0.673. The lowest BCUT2D eigenvalue weighted by atomic mass is 9.82. The Hall–Kier alpha value is -2.16. The molecular weight excluding hydrogens is 418 g/mol. The molecular formula is C22H30ClN5O3. The summed E-state index contributed by atoms with van der Waals surface area (Å²) in [6, 6.07) is 7.54. The van der Waals surface area contributed by atoms with Crippen LogP contribution < -0.4 is 10.7 Å². The number of carbonyl (C=O) groups excluding carboxylic acids is 3. The van der Waals surface area contributed by atoms with Crippen molar-refractivity contribution >= 4 is 29.4 Å². The van der Waals surface area contributed by atoms with Gasteiger partial charge in [-0.3, -0.25) is 24.8 Å². The van der Waals surface area contributed by atoms with Crippen LogP contribution in [0.5, 0.6) is 0 Å². The van der Waals surface area contributed by atoms with Crippen LogP contribution in [0.15, 0.2) is 24.3 Å². The van der Waals surface area contributed by atoms with Gasteiger partial charge in [-0.15, -0.1) is 0 Å². The number of piperazine rings is 1. The maximum atomic E-state index is 12.8. The first kappa shape index (κ1) is 22.0. The van der Waals surface area contributed by atoms with Gasteiger partial charge in [-0.2, -0.15) is 5.01 Å². The zero-order valence-corrected chi connectivity index (χ0v) is 18.7. The second kappa shape index (κ2) is 9.14. The lowest BCUT2D eigenvalue weighted by molar-refractivity contribution is -0.140. The van der Waals surface area contributed by atoms with E-state index < -0.39 is 11.6 Å². The Morgan fingerprint density at radius 3 is 2.48 bits per heavy atom. The summed E-state index contributed by atoms with van der Waals surface area (Å²) in [5, 5.41) is 4.45. The van der Waals surface area contributed by atoms with Gasteiger partial charge in [-0.05, 0) is 31.4 Å². The number of imide groups is 1. The number of hydrogen-bond donors (Lipinski definition) is 2. The average Bonchev–Trinajstić information content (AvgIpc) is 2.98. The van der Waals surface area contributed by atoms with Crippen LogP contribution in [-0.4, -0.2) is 70.9 Å². The summed E-state index contributed by atoms with van der Waals surface area (Å²) in [6.07, 6.45) is 4.15. The summed E-state index contributed by atoms with van der Waals surface area (Å²) in [7, 11) is 0. The molecule has 1 unspecified atom stereocenters. The van der Waals surface area contributed by atoms with Gasteiger partial charge in [0.15, 0.2) is 0 Å². The van der Waals surface area contributed by atoms with Crippen molar-refractivity contribution in [3.63, 3.8) is 0 Å². The predicted molar refractivity (Wildman–Crippen MR) is 117 cm³/mol. The molecule has 1 saturated carbocycles. The quantitative estimate of drug-likeness (QED) is 0.676. The van der Waals surface area contributed by atoms with Crippen LogP contribution in [0.2, 0.25) is 5.02 Å². The maximum Gasteiger partial charge on any atom is 0.344 e. The zero-order valence-electron chi connectivity index (χ0n) is 17.9. The molecule has 1 spiro atoms. The molecule has 1 atom stereocenters. The average molecular weight is 448 g/mol. The van der Waals surface area contributed by atoms with E-state index in [1.54, 1.807) is 0 Å². The maximum absolute atomic E-state index is 12.8. The number of hydrogen-bond acceptors (Lipinski definition) is 5. The first-order chi connectivity index (χ1) is 14.9. The summed E-state index contributed by atoms with van der Waals surface area (Å²) < 4.78 is 0. The molecule has 2 aliphatic heterocycles. The van der Waals surface area contributed by atoms with Crippen molar-refractivity contribution < 1.29 is 14.4 Å². The second-order valence-corrected chi connectivity index (χ2v) is 9.17. The SMILES string of the molecule is CC(c1ccccc1Cl)N1CCN(CC(=O)NN2C(=O)NC3(CCCCC3)C2=O)CC1. The fourth-order valence-corrected chi connectivity index (χ4v) is 5.19. The largest absolute Gasteiger partial charge is 0.344 e. The fourth-order valence-electron chi connectivity index (χ4n) is 4.90. The van der Waals surface area contributed by atoms with Gasteiger partial charge in [-0.1, -0.05) is 49.1 Å². The Labute approximate surface area is 187 Å². The highest BCUT2D eigenvalue weighted by Gasteiger charge is 2.52. The molecule has 2 N–H and O–H groups in total. The minimum Gasteiger partial charge on any atom is -0.322 e. The molecule has 1 aliphatic carbocycles. The molecule has 168 valence electrons. The third kappa shape index (κ3) is 4.56. The van der Waals surface area contributed by atoms with E-state index in [-0.39, 0.29) is 24.4 Å². The molecule has 2 saturated heterocycles. The van der Waals surface area contributed by atoms with Crippen molar-refractivity contribution in [2.45, 2.75) is 50.6 Å². The highest BCUT2D eigenvalue weighted by Crippen LogP contribution is 2.33. The van der Waals surface area contributed by atoms with Crippen LogP contribution in [0.1, 0.15) is 50.6 Å². The fraction of sp³-hybridized carbons (Fsp3) is 0.591. The van der Waals surface area contributed by atoms with Gasteiger partial charge < -0.3 is 5.32 Å². The number of nitrogens with one attached hydrogen (secondary N) is 2. The molecule has 0 radical (unpaired) electrons. The first-order valence-corrected chi connectivity index (χ1v) is 11.4. The summed E-state index contributed by atoms with van der Waals surface area (Å²) >= 11 is 6.34. The molecule has 4 amide bonds. The number of urea groups is 1. The number of benzene rings is 1.